The summed E-state index contributed by atoms with van der Waals surface area (Å²) in [4.78, 5) is 11.9. The summed E-state index contributed by atoms with van der Waals surface area (Å²) >= 11 is 1.46. The van der Waals surface area contributed by atoms with Gasteiger partial charge in [-0.1, -0.05) is 6.42 Å². The second-order valence-electron chi connectivity index (χ2n) is 4.67. The normalized spacial score (nSPS) is 23.7. The first kappa shape index (κ1) is 14.5. The van der Waals surface area contributed by atoms with Gasteiger partial charge in [-0.3, -0.25) is 4.79 Å². The third-order valence-corrected chi connectivity index (χ3v) is 6.14. The number of thiophene rings is 1. The molecule has 5 nitrogen and oxygen atoms in total. The van der Waals surface area contributed by atoms with Crippen LogP contribution in [0.4, 0.5) is 0 Å². The molecule has 2 unspecified atom stereocenters. The molecule has 0 aromatic carbocycles. The average Bonchev–Trinajstić information content (AvgIpc) is 2.89. The van der Waals surface area contributed by atoms with Crippen molar-refractivity contribution in [1.82, 2.24) is 5.32 Å². The fourth-order valence-corrected chi connectivity index (χ4v) is 4.68. The van der Waals surface area contributed by atoms with Crippen LogP contribution in [0.15, 0.2) is 16.8 Å². The van der Waals surface area contributed by atoms with Crippen molar-refractivity contribution in [2.24, 2.45) is 0 Å². The maximum absolute atomic E-state index is 11.9. The molecule has 2 heterocycles. The van der Waals surface area contributed by atoms with E-state index in [1.54, 1.807) is 11.4 Å². The van der Waals surface area contributed by atoms with Gasteiger partial charge >= 0.3 is 0 Å². The highest BCUT2D eigenvalue weighted by Crippen LogP contribution is 2.20. The van der Waals surface area contributed by atoms with Crippen molar-refractivity contribution < 1.29 is 18.3 Å². The number of rotatable bonds is 4. The van der Waals surface area contributed by atoms with Crippen LogP contribution in [0.1, 0.15) is 30.9 Å². The van der Waals surface area contributed by atoms with Crippen LogP contribution in [0.2, 0.25) is 0 Å². The van der Waals surface area contributed by atoms with Gasteiger partial charge in [-0.2, -0.15) is 11.3 Å². The third-order valence-electron chi connectivity index (χ3n) is 3.27. The number of hydrogen-bond acceptors (Lipinski definition) is 5. The van der Waals surface area contributed by atoms with Crippen LogP contribution in [0.5, 0.6) is 0 Å². The lowest BCUT2D eigenvalue weighted by atomic mass is 10.1. The third kappa shape index (κ3) is 3.55. The molecule has 106 valence electrons. The Labute approximate surface area is 116 Å². The highest BCUT2D eigenvalue weighted by molar-refractivity contribution is 7.92. The topological polar surface area (TPSA) is 83.5 Å². The molecule has 1 aromatic heterocycles. The lowest BCUT2D eigenvalue weighted by Gasteiger charge is -2.22. The van der Waals surface area contributed by atoms with Gasteiger partial charge in [0, 0.05) is 6.54 Å². The Bertz CT molecular complexity index is 524. The maximum Gasteiger partial charge on any atom is 0.238 e. The zero-order valence-corrected chi connectivity index (χ0v) is 12.0. The molecule has 0 bridgehead atoms. The molecule has 2 rings (SSSR count). The number of carbonyl (C=O) groups excluding carboxylic acids is 1. The van der Waals surface area contributed by atoms with Crippen molar-refractivity contribution in [1.29, 1.82) is 0 Å². The SMILES string of the molecule is O=C(NCC(O)c1ccsc1)C1CCCCS1(=O)=O. The summed E-state index contributed by atoms with van der Waals surface area (Å²) in [6.45, 7) is 0.0432. The van der Waals surface area contributed by atoms with E-state index >= 15 is 0 Å². The van der Waals surface area contributed by atoms with Gasteiger partial charge in [0.15, 0.2) is 9.84 Å². The minimum atomic E-state index is -3.32. The van der Waals surface area contributed by atoms with Gasteiger partial charge in [-0.15, -0.1) is 0 Å². The lowest BCUT2D eigenvalue weighted by molar-refractivity contribution is -0.121. The van der Waals surface area contributed by atoms with Crippen LogP contribution in [0.25, 0.3) is 0 Å². The summed E-state index contributed by atoms with van der Waals surface area (Å²) in [6, 6.07) is 1.78. The molecule has 19 heavy (non-hydrogen) atoms. The summed E-state index contributed by atoms with van der Waals surface area (Å²) in [5.74, 6) is -0.410. The molecule has 1 aliphatic rings. The molecule has 2 N–H and O–H groups in total. The molecule has 1 saturated heterocycles. The number of aliphatic hydroxyl groups excluding tert-OH is 1. The van der Waals surface area contributed by atoms with E-state index in [2.05, 4.69) is 5.32 Å². The fraction of sp³-hybridized carbons (Fsp3) is 0.583. The van der Waals surface area contributed by atoms with Crippen LogP contribution in [-0.4, -0.2) is 37.0 Å². The molecule has 2 atom stereocenters. The number of hydrogen-bond donors (Lipinski definition) is 2. The van der Waals surface area contributed by atoms with E-state index in [1.807, 2.05) is 5.38 Å². The predicted molar refractivity (Wildman–Crippen MR) is 73.7 cm³/mol. The van der Waals surface area contributed by atoms with Crippen molar-refractivity contribution >= 4 is 27.1 Å². The van der Waals surface area contributed by atoms with E-state index in [-0.39, 0.29) is 12.3 Å². The Kier molecular flexibility index (Phi) is 4.59. The zero-order chi connectivity index (χ0) is 13.9. The fourth-order valence-electron chi connectivity index (χ4n) is 2.14. The second-order valence-corrected chi connectivity index (χ2v) is 7.75. The van der Waals surface area contributed by atoms with Crippen molar-refractivity contribution in [2.45, 2.75) is 30.6 Å². The molecule has 0 aliphatic carbocycles. The first-order valence-electron chi connectivity index (χ1n) is 6.20. The predicted octanol–water partition coefficient (Wildman–Crippen LogP) is 0.865. The Morgan fingerprint density at radius 3 is 2.95 bits per heavy atom. The number of sulfone groups is 1. The van der Waals surface area contributed by atoms with E-state index in [9.17, 15) is 18.3 Å². The summed E-state index contributed by atoms with van der Waals surface area (Å²) in [5, 5.41) is 15.1. The van der Waals surface area contributed by atoms with E-state index in [0.717, 1.165) is 12.0 Å². The molecular formula is C12H17NO4S2. The Morgan fingerprint density at radius 1 is 1.53 bits per heavy atom. The first-order chi connectivity index (χ1) is 9.00. The van der Waals surface area contributed by atoms with Crippen LogP contribution in [0.3, 0.4) is 0 Å². The molecule has 0 saturated carbocycles. The monoisotopic (exact) mass is 303 g/mol. The van der Waals surface area contributed by atoms with E-state index in [4.69, 9.17) is 0 Å². The number of aliphatic hydroxyl groups is 1. The van der Waals surface area contributed by atoms with Crippen molar-refractivity contribution in [3.8, 4) is 0 Å². The zero-order valence-electron chi connectivity index (χ0n) is 10.4. The number of carbonyl (C=O) groups is 1. The average molecular weight is 303 g/mol. The smallest absolute Gasteiger partial charge is 0.238 e. The largest absolute Gasteiger partial charge is 0.387 e. The Morgan fingerprint density at radius 2 is 2.32 bits per heavy atom. The second kappa shape index (κ2) is 6.02. The molecule has 1 fully saturated rings. The van der Waals surface area contributed by atoms with Crippen LogP contribution >= 0.6 is 11.3 Å². The van der Waals surface area contributed by atoms with Gasteiger partial charge < -0.3 is 10.4 Å². The minimum absolute atomic E-state index is 0.0432. The van der Waals surface area contributed by atoms with Crippen LogP contribution < -0.4 is 5.32 Å². The maximum atomic E-state index is 11.9. The minimum Gasteiger partial charge on any atom is -0.387 e. The van der Waals surface area contributed by atoms with E-state index in [1.165, 1.54) is 11.3 Å². The van der Waals surface area contributed by atoms with E-state index in [0.29, 0.717) is 12.8 Å². The van der Waals surface area contributed by atoms with Gasteiger partial charge in [0.2, 0.25) is 5.91 Å². The van der Waals surface area contributed by atoms with Gasteiger partial charge in [0.1, 0.15) is 5.25 Å². The van der Waals surface area contributed by atoms with Gasteiger partial charge in [-0.05, 0) is 35.2 Å². The Hall–Kier alpha value is -0.920. The Balaban J connectivity index is 1.91. The van der Waals surface area contributed by atoms with E-state index < -0.39 is 27.1 Å². The first-order valence-corrected chi connectivity index (χ1v) is 8.86. The van der Waals surface area contributed by atoms with Gasteiger partial charge in [0.05, 0.1) is 11.9 Å². The molecule has 1 aliphatic heterocycles. The van der Waals surface area contributed by atoms with Crippen LogP contribution in [0, 0.1) is 0 Å². The lowest BCUT2D eigenvalue weighted by Crippen LogP contribution is -2.43. The highest BCUT2D eigenvalue weighted by Gasteiger charge is 2.34. The molecule has 1 amide bonds. The molecule has 7 heteroatoms. The van der Waals surface area contributed by atoms with Gasteiger partial charge in [-0.25, -0.2) is 8.42 Å². The summed E-state index contributed by atoms with van der Waals surface area (Å²) in [6.07, 6.45) is 0.970. The van der Waals surface area contributed by atoms with Crippen LogP contribution in [-0.2, 0) is 14.6 Å². The molecule has 0 spiro atoms. The van der Waals surface area contributed by atoms with Gasteiger partial charge in [0.25, 0.3) is 0 Å². The standard InChI is InChI=1S/C12H17NO4S2/c14-10(9-4-5-18-8-9)7-13-12(15)11-3-1-2-6-19(11,16)17/h4-5,8,10-11,14H,1-3,6-7H2,(H,13,15). The van der Waals surface area contributed by atoms with Crippen molar-refractivity contribution in [3.05, 3.63) is 22.4 Å². The van der Waals surface area contributed by atoms with Crippen molar-refractivity contribution in [2.75, 3.05) is 12.3 Å². The highest BCUT2D eigenvalue weighted by atomic mass is 32.2. The van der Waals surface area contributed by atoms with Crippen molar-refractivity contribution in [3.63, 3.8) is 0 Å². The number of nitrogens with one attached hydrogen (secondary N) is 1. The quantitative estimate of drug-likeness (QED) is 0.864. The molecule has 1 aromatic rings. The summed E-state index contributed by atoms with van der Waals surface area (Å²) in [7, 11) is -3.32. The summed E-state index contributed by atoms with van der Waals surface area (Å²) < 4.78 is 23.5. The summed E-state index contributed by atoms with van der Waals surface area (Å²) in [5.41, 5.74) is 0.733. The molecular weight excluding hydrogens is 286 g/mol. The molecule has 0 radical (unpaired) electrons. The number of amides is 1.